The molecule has 0 aliphatic carbocycles. The van der Waals surface area contributed by atoms with Crippen molar-refractivity contribution in [1.29, 1.82) is 0 Å². The van der Waals surface area contributed by atoms with Crippen LogP contribution >= 0.6 is 11.8 Å². The number of fused-ring (bicyclic) bond motifs is 1. The number of nitrogens with zero attached hydrogens (tertiary/aromatic N) is 2. The van der Waals surface area contributed by atoms with Gasteiger partial charge in [-0.1, -0.05) is 55.0 Å². The second-order valence-corrected chi connectivity index (χ2v) is 8.21. The molecule has 0 saturated carbocycles. The summed E-state index contributed by atoms with van der Waals surface area (Å²) < 4.78 is 5.60. The molecule has 1 aliphatic heterocycles. The molecule has 30 heavy (non-hydrogen) atoms. The Labute approximate surface area is 181 Å². The van der Waals surface area contributed by atoms with E-state index in [-0.39, 0.29) is 5.91 Å². The van der Waals surface area contributed by atoms with Gasteiger partial charge in [0.15, 0.2) is 5.17 Å². The number of thioether (sulfide) groups is 1. The van der Waals surface area contributed by atoms with Crippen molar-refractivity contribution in [1.82, 2.24) is 4.90 Å². The first-order valence-electron chi connectivity index (χ1n) is 10.0. The minimum atomic E-state index is -0.0114. The van der Waals surface area contributed by atoms with E-state index in [1.807, 2.05) is 61.5 Å². The molecule has 1 amide bonds. The van der Waals surface area contributed by atoms with Crippen LogP contribution in [0.1, 0.15) is 24.5 Å². The Morgan fingerprint density at radius 3 is 2.57 bits per heavy atom. The lowest BCUT2D eigenvalue weighted by molar-refractivity contribution is -0.122. The van der Waals surface area contributed by atoms with E-state index in [4.69, 9.17) is 9.73 Å². The van der Waals surface area contributed by atoms with Crippen molar-refractivity contribution in [2.45, 2.75) is 20.3 Å². The van der Waals surface area contributed by atoms with Gasteiger partial charge in [0.25, 0.3) is 5.91 Å². The van der Waals surface area contributed by atoms with Gasteiger partial charge in [-0.2, -0.15) is 0 Å². The van der Waals surface area contributed by atoms with Crippen LogP contribution in [0.3, 0.4) is 0 Å². The van der Waals surface area contributed by atoms with Crippen LogP contribution in [0.25, 0.3) is 16.8 Å². The lowest BCUT2D eigenvalue weighted by Gasteiger charge is -2.14. The highest BCUT2D eigenvalue weighted by atomic mass is 32.2. The number of carbonyl (C=O) groups excluding carboxylic acids is 1. The minimum absolute atomic E-state index is 0.0114. The fourth-order valence-corrected chi connectivity index (χ4v) is 4.48. The van der Waals surface area contributed by atoms with Gasteiger partial charge in [0.05, 0.1) is 17.7 Å². The molecule has 0 bridgehead atoms. The van der Waals surface area contributed by atoms with E-state index in [1.165, 1.54) is 17.3 Å². The highest BCUT2D eigenvalue weighted by Gasteiger charge is 2.33. The number of hydrogen-bond acceptors (Lipinski definition) is 4. The van der Waals surface area contributed by atoms with Crippen LogP contribution in [0.15, 0.2) is 70.6 Å². The fourth-order valence-electron chi connectivity index (χ4n) is 3.48. The van der Waals surface area contributed by atoms with Crippen LogP contribution < -0.4 is 4.74 Å². The molecular formula is C25H24N2O2S. The second-order valence-electron chi connectivity index (χ2n) is 7.20. The van der Waals surface area contributed by atoms with E-state index < -0.39 is 0 Å². The molecule has 1 aliphatic rings. The standard InChI is InChI=1S/C25H24N2O2S/c1-4-15-27-24(28)23(30-25(27)26-19-12-9-17(2)10-13-19)16-21-20-8-6-5-7-18(20)11-14-22(21)29-3/h5-14,16H,4,15H2,1-3H3/b23-16+,26-25?. The summed E-state index contributed by atoms with van der Waals surface area (Å²) in [6, 6.07) is 20.1. The van der Waals surface area contributed by atoms with E-state index in [0.29, 0.717) is 11.4 Å². The van der Waals surface area contributed by atoms with Crippen molar-refractivity contribution >= 4 is 45.4 Å². The quantitative estimate of drug-likeness (QED) is 0.467. The van der Waals surface area contributed by atoms with Crippen molar-refractivity contribution in [2.75, 3.05) is 13.7 Å². The summed E-state index contributed by atoms with van der Waals surface area (Å²) in [5.41, 5.74) is 2.95. The first-order chi connectivity index (χ1) is 14.6. The van der Waals surface area contributed by atoms with Gasteiger partial charge in [-0.3, -0.25) is 9.69 Å². The minimum Gasteiger partial charge on any atom is -0.496 e. The first kappa shape index (κ1) is 20.2. The Morgan fingerprint density at radius 1 is 1.07 bits per heavy atom. The molecule has 4 nitrogen and oxygen atoms in total. The number of benzene rings is 3. The Bertz CT molecular complexity index is 1150. The maximum absolute atomic E-state index is 13.2. The molecule has 0 unspecified atom stereocenters. The number of aryl methyl sites for hydroxylation is 1. The third-order valence-electron chi connectivity index (χ3n) is 5.02. The van der Waals surface area contributed by atoms with Gasteiger partial charge in [-0.05, 0) is 60.2 Å². The van der Waals surface area contributed by atoms with Crippen LogP contribution in [0, 0.1) is 6.92 Å². The molecule has 3 aromatic rings. The summed E-state index contributed by atoms with van der Waals surface area (Å²) in [6.07, 6.45) is 2.80. The third kappa shape index (κ3) is 3.98. The molecule has 0 spiro atoms. The van der Waals surface area contributed by atoms with Crippen LogP contribution in [-0.2, 0) is 4.79 Å². The number of amides is 1. The summed E-state index contributed by atoms with van der Waals surface area (Å²) in [4.78, 5) is 20.4. The Kier molecular flexibility index (Phi) is 5.91. The summed E-state index contributed by atoms with van der Waals surface area (Å²) in [7, 11) is 1.66. The SMILES string of the molecule is CCCN1C(=O)/C(=C\c2c(OC)ccc3ccccc23)SC1=Nc1ccc(C)cc1. The average molecular weight is 417 g/mol. The molecule has 1 heterocycles. The Morgan fingerprint density at radius 2 is 1.83 bits per heavy atom. The highest BCUT2D eigenvalue weighted by molar-refractivity contribution is 8.18. The number of aliphatic imine (C=N–C) groups is 1. The van der Waals surface area contributed by atoms with Crippen molar-refractivity contribution in [3.8, 4) is 5.75 Å². The number of methoxy groups -OCH3 is 1. The summed E-state index contributed by atoms with van der Waals surface area (Å²) in [6.45, 7) is 4.75. The zero-order valence-electron chi connectivity index (χ0n) is 17.4. The van der Waals surface area contributed by atoms with Gasteiger partial charge in [0, 0.05) is 12.1 Å². The first-order valence-corrected chi connectivity index (χ1v) is 10.8. The number of ether oxygens (including phenoxy) is 1. The fraction of sp³-hybridized carbons (Fsp3) is 0.200. The number of amidine groups is 1. The van der Waals surface area contributed by atoms with Crippen LogP contribution in [0.4, 0.5) is 5.69 Å². The van der Waals surface area contributed by atoms with Gasteiger partial charge in [0.1, 0.15) is 5.75 Å². The summed E-state index contributed by atoms with van der Waals surface area (Å²) in [5, 5.41) is 2.89. The normalized spacial score (nSPS) is 16.8. The zero-order chi connectivity index (χ0) is 21.1. The van der Waals surface area contributed by atoms with Crippen molar-refractivity contribution in [3.63, 3.8) is 0 Å². The topological polar surface area (TPSA) is 41.9 Å². The Balaban J connectivity index is 1.78. The number of rotatable bonds is 5. The molecule has 0 aromatic heterocycles. The average Bonchev–Trinajstić information content (AvgIpc) is 3.05. The Hall–Kier alpha value is -3.05. The summed E-state index contributed by atoms with van der Waals surface area (Å²) >= 11 is 1.42. The molecule has 3 aromatic carbocycles. The number of carbonyl (C=O) groups is 1. The molecule has 1 fully saturated rings. The lowest BCUT2D eigenvalue weighted by Crippen LogP contribution is -2.29. The number of hydrogen-bond donors (Lipinski definition) is 0. The molecule has 152 valence electrons. The van der Waals surface area contributed by atoms with Gasteiger partial charge in [-0.25, -0.2) is 4.99 Å². The van der Waals surface area contributed by atoms with Crippen molar-refractivity contribution in [3.05, 3.63) is 76.7 Å². The molecule has 0 atom stereocenters. The maximum atomic E-state index is 13.2. The molecule has 4 rings (SSSR count). The van der Waals surface area contributed by atoms with Crippen LogP contribution in [0.2, 0.25) is 0 Å². The molecule has 5 heteroatoms. The summed E-state index contributed by atoms with van der Waals surface area (Å²) in [5.74, 6) is 0.739. The highest BCUT2D eigenvalue weighted by Crippen LogP contribution is 2.37. The monoisotopic (exact) mass is 416 g/mol. The zero-order valence-corrected chi connectivity index (χ0v) is 18.2. The molecule has 0 N–H and O–H groups in total. The molecular weight excluding hydrogens is 392 g/mol. The van der Waals surface area contributed by atoms with Crippen LogP contribution in [0.5, 0.6) is 5.75 Å². The van der Waals surface area contributed by atoms with E-state index in [2.05, 4.69) is 19.1 Å². The van der Waals surface area contributed by atoms with Gasteiger partial charge in [0.2, 0.25) is 0 Å². The molecule has 0 radical (unpaired) electrons. The van der Waals surface area contributed by atoms with E-state index >= 15 is 0 Å². The predicted octanol–water partition coefficient (Wildman–Crippen LogP) is 6.17. The third-order valence-corrected chi connectivity index (χ3v) is 6.03. The maximum Gasteiger partial charge on any atom is 0.266 e. The van der Waals surface area contributed by atoms with Crippen molar-refractivity contribution < 1.29 is 9.53 Å². The van der Waals surface area contributed by atoms with Gasteiger partial charge >= 0.3 is 0 Å². The largest absolute Gasteiger partial charge is 0.496 e. The van der Waals surface area contributed by atoms with E-state index in [1.54, 1.807) is 12.0 Å². The smallest absolute Gasteiger partial charge is 0.266 e. The van der Waals surface area contributed by atoms with Crippen molar-refractivity contribution in [2.24, 2.45) is 4.99 Å². The van der Waals surface area contributed by atoms with Gasteiger partial charge in [-0.15, -0.1) is 0 Å². The lowest BCUT2D eigenvalue weighted by atomic mass is 10.0. The van der Waals surface area contributed by atoms with Gasteiger partial charge < -0.3 is 4.74 Å². The van der Waals surface area contributed by atoms with E-state index in [0.717, 1.165) is 39.4 Å². The second kappa shape index (κ2) is 8.76. The van der Waals surface area contributed by atoms with Crippen LogP contribution in [-0.4, -0.2) is 29.6 Å². The molecule has 1 saturated heterocycles. The van der Waals surface area contributed by atoms with E-state index in [9.17, 15) is 4.79 Å². The predicted molar refractivity (Wildman–Crippen MR) is 126 cm³/mol.